The fraction of sp³-hybridized carbons (Fsp3) is 0.769. The summed E-state index contributed by atoms with van der Waals surface area (Å²) < 4.78 is 9.59. The summed E-state index contributed by atoms with van der Waals surface area (Å²) in [4.78, 5) is 35.4. The van der Waals surface area contributed by atoms with Crippen molar-refractivity contribution >= 4 is 17.9 Å². The second-order valence-electron chi connectivity index (χ2n) is 4.40. The normalized spacial score (nSPS) is 10.5. The van der Waals surface area contributed by atoms with Crippen molar-refractivity contribution in [2.24, 2.45) is 0 Å². The number of methoxy groups -OCH3 is 1. The van der Waals surface area contributed by atoms with E-state index in [-0.39, 0.29) is 6.04 Å². The number of nitrogens with one attached hydrogen (secondary N) is 1. The number of carboxylic acids is 1. The molecule has 0 radical (unpaired) electrons. The van der Waals surface area contributed by atoms with Crippen molar-refractivity contribution in [1.29, 1.82) is 0 Å². The van der Waals surface area contributed by atoms with E-state index in [1.807, 2.05) is 13.8 Å². The van der Waals surface area contributed by atoms with Crippen LogP contribution in [0, 0.1) is 0 Å². The van der Waals surface area contributed by atoms with Crippen LogP contribution in [0.5, 0.6) is 0 Å². The largest absolute Gasteiger partial charge is 0.480 e. The second-order valence-corrected chi connectivity index (χ2v) is 4.40. The van der Waals surface area contributed by atoms with Crippen molar-refractivity contribution < 1.29 is 29.0 Å². The van der Waals surface area contributed by atoms with Gasteiger partial charge in [0.05, 0.1) is 6.61 Å². The van der Waals surface area contributed by atoms with Gasteiger partial charge in [0.25, 0.3) is 5.91 Å². The predicted molar refractivity (Wildman–Crippen MR) is 74.9 cm³/mol. The number of urea groups is 1. The lowest BCUT2D eigenvalue weighted by Crippen LogP contribution is -2.49. The van der Waals surface area contributed by atoms with Gasteiger partial charge in [0.1, 0.15) is 13.2 Å². The molecule has 0 saturated heterocycles. The fourth-order valence-corrected chi connectivity index (χ4v) is 1.83. The highest BCUT2D eigenvalue weighted by molar-refractivity contribution is 5.95. The summed E-state index contributed by atoms with van der Waals surface area (Å²) in [6, 6.07) is -0.516. The molecule has 0 aromatic heterocycles. The Kier molecular flexibility index (Phi) is 10.2. The molecule has 0 bridgehead atoms. The molecule has 0 aromatic carbocycles. The van der Waals surface area contributed by atoms with Crippen molar-refractivity contribution in [2.75, 3.05) is 33.5 Å². The van der Waals surface area contributed by atoms with Gasteiger partial charge in [-0.15, -0.1) is 0 Å². The van der Waals surface area contributed by atoms with Gasteiger partial charge >= 0.3 is 12.0 Å². The number of carboxylic acid groups (broad SMARTS) is 1. The fourth-order valence-electron chi connectivity index (χ4n) is 1.83. The third-order valence-electron chi connectivity index (χ3n) is 2.89. The first-order chi connectivity index (χ1) is 9.96. The van der Waals surface area contributed by atoms with Crippen molar-refractivity contribution in [3.63, 3.8) is 0 Å². The van der Waals surface area contributed by atoms with Gasteiger partial charge in [-0.1, -0.05) is 13.8 Å². The first-order valence-electron chi connectivity index (χ1n) is 6.85. The lowest BCUT2D eigenvalue weighted by molar-refractivity contribution is -0.143. The summed E-state index contributed by atoms with van der Waals surface area (Å²) in [7, 11) is 1.54. The Balaban J connectivity index is 4.44. The Morgan fingerprint density at radius 3 is 2.29 bits per heavy atom. The standard InChI is InChI=1S/C13H24N2O6/c1-4-10(5-2)15(6-7-20-3)13(19)14-11(16)8-21-9-12(17)18/h10H,4-9H2,1-3H3,(H,17,18)(H,14,16,19). The van der Waals surface area contributed by atoms with Crippen molar-refractivity contribution in [2.45, 2.75) is 32.7 Å². The maximum atomic E-state index is 12.1. The van der Waals surface area contributed by atoms with Crippen LogP contribution in [0.15, 0.2) is 0 Å². The molecule has 0 aliphatic rings. The molecule has 8 nitrogen and oxygen atoms in total. The lowest BCUT2D eigenvalue weighted by atomic mass is 10.1. The van der Waals surface area contributed by atoms with Crippen LogP contribution in [0.1, 0.15) is 26.7 Å². The minimum atomic E-state index is -1.17. The first-order valence-corrected chi connectivity index (χ1v) is 6.85. The molecule has 122 valence electrons. The number of aliphatic carboxylic acids is 1. The molecule has 0 rings (SSSR count). The van der Waals surface area contributed by atoms with E-state index < -0.39 is 31.1 Å². The van der Waals surface area contributed by atoms with Crippen LogP contribution in [0.25, 0.3) is 0 Å². The van der Waals surface area contributed by atoms with Crippen molar-refractivity contribution in [1.82, 2.24) is 10.2 Å². The molecule has 8 heteroatoms. The Labute approximate surface area is 124 Å². The summed E-state index contributed by atoms with van der Waals surface area (Å²) in [6.07, 6.45) is 1.52. The highest BCUT2D eigenvalue weighted by Gasteiger charge is 2.22. The van der Waals surface area contributed by atoms with Gasteiger partial charge in [-0.3, -0.25) is 10.1 Å². The molecular weight excluding hydrogens is 280 g/mol. The maximum Gasteiger partial charge on any atom is 0.329 e. The van der Waals surface area contributed by atoms with E-state index in [2.05, 4.69) is 10.1 Å². The summed E-state index contributed by atoms with van der Waals surface area (Å²) in [6.45, 7) is 3.60. The topological polar surface area (TPSA) is 105 Å². The first kappa shape index (κ1) is 19.3. The van der Waals surface area contributed by atoms with E-state index in [1.54, 1.807) is 4.90 Å². The van der Waals surface area contributed by atoms with Gasteiger partial charge in [-0.2, -0.15) is 0 Å². The van der Waals surface area contributed by atoms with Crippen LogP contribution in [0.2, 0.25) is 0 Å². The Hall–Kier alpha value is -1.67. The molecule has 0 spiro atoms. The Morgan fingerprint density at radius 1 is 1.19 bits per heavy atom. The monoisotopic (exact) mass is 304 g/mol. The third kappa shape index (κ3) is 8.26. The van der Waals surface area contributed by atoms with Gasteiger partial charge in [0.2, 0.25) is 0 Å². The molecule has 0 unspecified atom stereocenters. The van der Waals surface area contributed by atoms with E-state index in [1.165, 1.54) is 7.11 Å². The quantitative estimate of drug-likeness (QED) is 0.607. The van der Waals surface area contributed by atoms with Crippen LogP contribution >= 0.6 is 0 Å². The molecule has 0 atom stereocenters. The second kappa shape index (κ2) is 11.0. The number of imide groups is 1. The maximum absolute atomic E-state index is 12.1. The molecule has 3 amide bonds. The molecule has 0 aromatic rings. The Morgan fingerprint density at radius 2 is 1.81 bits per heavy atom. The SMILES string of the molecule is CCC(CC)N(CCOC)C(=O)NC(=O)COCC(=O)O. The summed E-state index contributed by atoms with van der Waals surface area (Å²) >= 11 is 0. The van der Waals surface area contributed by atoms with E-state index in [0.717, 1.165) is 12.8 Å². The molecule has 0 saturated carbocycles. The van der Waals surface area contributed by atoms with Gasteiger partial charge in [-0.25, -0.2) is 9.59 Å². The number of nitrogens with zero attached hydrogens (tertiary/aromatic N) is 1. The zero-order valence-corrected chi connectivity index (χ0v) is 12.8. The molecule has 21 heavy (non-hydrogen) atoms. The number of ether oxygens (including phenoxy) is 2. The van der Waals surface area contributed by atoms with Gasteiger partial charge in [0, 0.05) is 19.7 Å². The summed E-state index contributed by atoms with van der Waals surface area (Å²) in [5, 5.41) is 10.6. The van der Waals surface area contributed by atoms with Crippen molar-refractivity contribution in [3.05, 3.63) is 0 Å². The minimum absolute atomic E-state index is 0.00730. The van der Waals surface area contributed by atoms with Crippen LogP contribution in [0.4, 0.5) is 4.79 Å². The minimum Gasteiger partial charge on any atom is -0.480 e. The van der Waals surface area contributed by atoms with Crippen LogP contribution in [0.3, 0.4) is 0 Å². The number of hydrogen-bond acceptors (Lipinski definition) is 5. The predicted octanol–water partition coefficient (Wildman–Crippen LogP) is 0.461. The molecule has 2 N–H and O–H groups in total. The van der Waals surface area contributed by atoms with Crippen molar-refractivity contribution in [3.8, 4) is 0 Å². The average molecular weight is 304 g/mol. The van der Waals surface area contributed by atoms with Gasteiger partial charge in [0.15, 0.2) is 0 Å². The van der Waals surface area contributed by atoms with E-state index >= 15 is 0 Å². The third-order valence-corrected chi connectivity index (χ3v) is 2.89. The van der Waals surface area contributed by atoms with E-state index in [0.29, 0.717) is 13.2 Å². The highest BCUT2D eigenvalue weighted by Crippen LogP contribution is 2.08. The van der Waals surface area contributed by atoms with E-state index in [9.17, 15) is 14.4 Å². The lowest BCUT2D eigenvalue weighted by Gasteiger charge is -2.30. The molecular formula is C13H24N2O6. The number of amides is 3. The summed E-state index contributed by atoms with van der Waals surface area (Å²) in [5.41, 5.74) is 0. The molecule has 0 heterocycles. The highest BCUT2D eigenvalue weighted by atomic mass is 16.5. The number of carbonyl (C=O) groups is 3. The molecule has 0 aliphatic carbocycles. The number of rotatable bonds is 10. The van der Waals surface area contributed by atoms with Crippen LogP contribution in [-0.2, 0) is 19.1 Å². The van der Waals surface area contributed by atoms with Crippen LogP contribution in [-0.4, -0.2) is 67.4 Å². The van der Waals surface area contributed by atoms with Crippen LogP contribution < -0.4 is 5.32 Å². The smallest absolute Gasteiger partial charge is 0.329 e. The average Bonchev–Trinajstić information content (AvgIpc) is 2.42. The summed E-state index contributed by atoms with van der Waals surface area (Å²) in [5.74, 6) is -1.84. The number of carbonyl (C=O) groups excluding carboxylic acids is 2. The zero-order valence-electron chi connectivity index (χ0n) is 12.8. The number of hydrogen-bond donors (Lipinski definition) is 2. The van der Waals surface area contributed by atoms with Gasteiger partial charge < -0.3 is 19.5 Å². The molecule has 0 fully saturated rings. The zero-order chi connectivity index (χ0) is 16.3. The van der Waals surface area contributed by atoms with Gasteiger partial charge in [-0.05, 0) is 12.8 Å². The molecule has 0 aliphatic heterocycles. The Bertz CT molecular complexity index is 344. The van der Waals surface area contributed by atoms with E-state index in [4.69, 9.17) is 9.84 Å².